The van der Waals surface area contributed by atoms with E-state index < -0.39 is 0 Å². The quantitative estimate of drug-likeness (QED) is 0.395. The largest absolute Gasteiger partial charge is 0.289 e. The van der Waals surface area contributed by atoms with Crippen LogP contribution in [0.25, 0.3) is 0 Å². The summed E-state index contributed by atoms with van der Waals surface area (Å²) < 4.78 is 0. The minimum atomic E-state index is 1.58. The summed E-state index contributed by atoms with van der Waals surface area (Å²) in [4.78, 5) is 3.76. The molecule has 0 aliphatic heterocycles. The van der Waals surface area contributed by atoms with Crippen molar-refractivity contribution in [3.05, 3.63) is 11.5 Å². The average Bonchev–Trinajstić information content (AvgIpc) is 1.69. The summed E-state index contributed by atoms with van der Waals surface area (Å²) in [6.07, 6.45) is 1.98. The smallest absolute Gasteiger partial charge is 0.0579 e. The van der Waals surface area contributed by atoms with Crippen molar-refractivity contribution < 1.29 is 0 Å². The average molecular weight is 115 g/mol. The maximum absolute atomic E-state index is 3.76. The molecule has 1 nitrogen and oxygen atoms in total. The van der Waals surface area contributed by atoms with Gasteiger partial charge in [0.2, 0.25) is 0 Å². The molecule has 0 saturated carbocycles. The van der Waals surface area contributed by atoms with Crippen LogP contribution in [0.1, 0.15) is 6.92 Å². The van der Waals surface area contributed by atoms with Gasteiger partial charge in [0.25, 0.3) is 0 Å². The molecule has 0 aliphatic carbocycles. The zero-order valence-corrected chi connectivity index (χ0v) is 5.40. The molecule has 0 saturated heterocycles. The second-order valence-electron chi connectivity index (χ2n) is 0.969. The van der Waals surface area contributed by atoms with Gasteiger partial charge in [-0.15, -0.1) is 0 Å². The van der Waals surface area contributed by atoms with Crippen LogP contribution in [0.3, 0.4) is 0 Å². The fourth-order valence-electron chi connectivity index (χ4n) is 0.175. The van der Waals surface area contributed by atoms with E-state index in [1.54, 1.807) is 24.4 Å². The van der Waals surface area contributed by atoms with Gasteiger partial charge in [0.05, 0.1) is 5.55 Å². The van der Waals surface area contributed by atoms with Crippen molar-refractivity contribution in [1.29, 1.82) is 0 Å². The summed E-state index contributed by atoms with van der Waals surface area (Å²) in [5.41, 5.74) is 1.79. The van der Waals surface area contributed by atoms with Gasteiger partial charge in [0.15, 0.2) is 0 Å². The van der Waals surface area contributed by atoms with E-state index in [4.69, 9.17) is 0 Å². The summed E-state index contributed by atoms with van der Waals surface area (Å²) in [7, 11) is 1.76. The van der Waals surface area contributed by atoms with Crippen LogP contribution in [-0.4, -0.2) is 12.6 Å². The van der Waals surface area contributed by atoms with Crippen molar-refractivity contribution in [1.82, 2.24) is 0 Å². The van der Waals surface area contributed by atoms with Crippen molar-refractivity contribution in [2.75, 3.05) is 7.05 Å². The molecule has 0 aliphatic rings. The molecule has 0 amide bonds. The molecule has 0 spiro atoms. The number of nitrogens with zero attached hydrogens (tertiary/aromatic N) is 1. The zero-order valence-electron chi connectivity index (χ0n) is 4.59. The highest BCUT2D eigenvalue weighted by molar-refractivity contribution is 8.14. The van der Waals surface area contributed by atoms with E-state index in [9.17, 15) is 0 Å². The van der Waals surface area contributed by atoms with Crippen LogP contribution >= 0.6 is 11.8 Å². The fraction of sp³-hybridized carbons (Fsp3) is 0.400. The molecule has 0 heterocycles. The normalized spacial score (nSPS) is 11.7. The Morgan fingerprint density at radius 1 is 1.57 bits per heavy atom. The Morgan fingerprint density at radius 2 is 2.29 bits per heavy atom. The van der Waals surface area contributed by atoms with Crippen molar-refractivity contribution in [3.8, 4) is 0 Å². The zero-order chi connectivity index (χ0) is 5.54. The standard InChI is InChI=1S/C5H9NS/c1-3-4-7-5-6-2/h3-5H,1-2H3/b4-3+,6-5?. The molecule has 2 heteroatoms. The van der Waals surface area contributed by atoms with Gasteiger partial charge in [-0.1, -0.05) is 17.8 Å². The van der Waals surface area contributed by atoms with Crippen LogP contribution in [-0.2, 0) is 0 Å². The highest BCUT2D eigenvalue weighted by Crippen LogP contribution is 1.93. The Balaban J connectivity index is 2.98. The lowest BCUT2D eigenvalue weighted by atomic mass is 10.8. The SMILES string of the molecule is C/C=C/SC=NC. The van der Waals surface area contributed by atoms with Gasteiger partial charge in [-0.05, 0) is 12.3 Å². The van der Waals surface area contributed by atoms with Gasteiger partial charge < -0.3 is 0 Å². The summed E-state index contributed by atoms with van der Waals surface area (Å²) in [5.74, 6) is 0. The van der Waals surface area contributed by atoms with E-state index in [1.165, 1.54) is 0 Å². The summed E-state index contributed by atoms with van der Waals surface area (Å²) in [6.45, 7) is 1.98. The van der Waals surface area contributed by atoms with Crippen molar-refractivity contribution >= 4 is 17.3 Å². The number of allylic oxidation sites excluding steroid dienone is 1. The first kappa shape index (κ1) is 6.76. The van der Waals surface area contributed by atoms with Crippen LogP contribution in [0.2, 0.25) is 0 Å². The molecule has 0 radical (unpaired) electrons. The van der Waals surface area contributed by atoms with E-state index in [-0.39, 0.29) is 0 Å². The molecule has 40 valence electrons. The maximum atomic E-state index is 3.76. The Hall–Kier alpha value is -0.240. The number of rotatable bonds is 2. The lowest BCUT2D eigenvalue weighted by Crippen LogP contribution is -1.53. The summed E-state index contributed by atoms with van der Waals surface area (Å²) in [5, 5.41) is 1.98. The van der Waals surface area contributed by atoms with E-state index in [2.05, 4.69) is 4.99 Å². The summed E-state index contributed by atoms with van der Waals surface area (Å²) >= 11 is 1.58. The molecular formula is C5H9NS. The van der Waals surface area contributed by atoms with Gasteiger partial charge in [0, 0.05) is 7.05 Å². The van der Waals surface area contributed by atoms with Gasteiger partial charge in [-0.3, -0.25) is 4.99 Å². The van der Waals surface area contributed by atoms with Gasteiger partial charge in [0.1, 0.15) is 0 Å². The van der Waals surface area contributed by atoms with E-state index in [0.717, 1.165) is 0 Å². The Bertz CT molecular complexity index is 66.1. The molecule has 0 rings (SSSR count). The maximum Gasteiger partial charge on any atom is 0.0579 e. The Labute approximate surface area is 48.5 Å². The van der Waals surface area contributed by atoms with E-state index >= 15 is 0 Å². The number of aliphatic imine (C=N–C) groups is 1. The number of thioether (sulfide) groups is 1. The minimum absolute atomic E-state index is 1.58. The summed E-state index contributed by atoms with van der Waals surface area (Å²) in [6, 6.07) is 0. The molecule has 0 aromatic heterocycles. The molecule has 0 bridgehead atoms. The van der Waals surface area contributed by atoms with E-state index in [0.29, 0.717) is 0 Å². The highest BCUT2D eigenvalue weighted by Gasteiger charge is 1.62. The molecule has 0 aromatic rings. The van der Waals surface area contributed by atoms with Gasteiger partial charge in [-0.2, -0.15) is 0 Å². The minimum Gasteiger partial charge on any atom is -0.289 e. The van der Waals surface area contributed by atoms with Crippen LogP contribution < -0.4 is 0 Å². The lowest BCUT2D eigenvalue weighted by molar-refractivity contribution is 1.49. The van der Waals surface area contributed by atoms with Crippen molar-refractivity contribution in [2.45, 2.75) is 6.92 Å². The molecule has 0 unspecified atom stereocenters. The second-order valence-corrected chi connectivity index (χ2v) is 1.72. The van der Waals surface area contributed by atoms with Crippen LogP contribution in [0, 0.1) is 0 Å². The lowest BCUT2D eigenvalue weighted by Gasteiger charge is -1.73. The van der Waals surface area contributed by atoms with Gasteiger partial charge >= 0.3 is 0 Å². The molecular weight excluding hydrogens is 106 g/mol. The van der Waals surface area contributed by atoms with Crippen molar-refractivity contribution in [2.24, 2.45) is 4.99 Å². The van der Waals surface area contributed by atoms with Gasteiger partial charge in [-0.25, -0.2) is 0 Å². The molecule has 0 fully saturated rings. The number of hydrogen-bond donors (Lipinski definition) is 0. The predicted octanol–water partition coefficient (Wildman–Crippen LogP) is 1.91. The Kier molecular flexibility index (Phi) is 5.56. The third-order valence-corrected chi connectivity index (χ3v) is 1.14. The van der Waals surface area contributed by atoms with Crippen LogP contribution in [0.4, 0.5) is 0 Å². The molecule has 0 atom stereocenters. The molecule has 0 N–H and O–H groups in total. The second kappa shape index (κ2) is 5.76. The van der Waals surface area contributed by atoms with Crippen LogP contribution in [0.15, 0.2) is 16.5 Å². The predicted molar refractivity (Wildman–Crippen MR) is 36.8 cm³/mol. The first-order valence-electron chi connectivity index (χ1n) is 2.09. The topological polar surface area (TPSA) is 12.4 Å². The number of hydrogen-bond acceptors (Lipinski definition) is 2. The third-order valence-electron chi connectivity index (χ3n) is 0.381. The highest BCUT2D eigenvalue weighted by atomic mass is 32.2. The first-order valence-corrected chi connectivity index (χ1v) is 3.03. The first-order chi connectivity index (χ1) is 3.41. The van der Waals surface area contributed by atoms with E-state index in [1.807, 2.05) is 18.4 Å². The van der Waals surface area contributed by atoms with Crippen molar-refractivity contribution in [3.63, 3.8) is 0 Å². The molecule has 7 heavy (non-hydrogen) atoms. The monoisotopic (exact) mass is 115 g/mol. The third kappa shape index (κ3) is 5.76. The molecule has 0 aromatic carbocycles. The fourth-order valence-corrected chi connectivity index (χ4v) is 0.524. The Morgan fingerprint density at radius 3 is 2.71 bits per heavy atom. The van der Waals surface area contributed by atoms with Crippen LogP contribution in [0.5, 0.6) is 0 Å².